The molecule has 0 radical (unpaired) electrons. The van der Waals surface area contributed by atoms with Crippen LogP contribution in [0.2, 0.25) is 0 Å². The lowest BCUT2D eigenvalue weighted by molar-refractivity contribution is -0.116. The Hall–Kier alpha value is -0.670. The number of benzene rings is 1. The summed E-state index contributed by atoms with van der Waals surface area (Å²) in [6.07, 6.45) is 1.07. The van der Waals surface area contributed by atoms with E-state index in [9.17, 15) is 9.59 Å². The third kappa shape index (κ3) is 2.93. The van der Waals surface area contributed by atoms with Crippen molar-refractivity contribution in [3.63, 3.8) is 0 Å². The van der Waals surface area contributed by atoms with E-state index in [0.29, 0.717) is 16.5 Å². The molecule has 0 aromatic heterocycles. The molecule has 0 spiro atoms. The van der Waals surface area contributed by atoms with Crippen molar-refractivity contribution in [2.24, 2.45) is 0 Å². The maximum atomic E-state index is 11.0. The zero-order chi connectivity index (χ0) is 10.6. The Bertz CT molecular complexity index is 363. The highest BCUT2D eigenvalue weighted by Gasteiger charge is 2.04. The molecule has 0 saturated heterocycles. The van der Waals surface area contributed by atoms with Crippen LogP contribution in [0.5, 0.6) is 0 Å². The van der Waals surface area contributed by atoms with Crippen LogP contribution in [0.4, 0.5) is 0 Å². The van der Waals surface area contributed by atoms with E-state index in [0.717, 1.165) is 11.8 Å². The number of carbonyl (C=O) groups is 2. The topological polar surface area (TPSA) is 34.1 Å². The molecule has 1 aromatic rings. The molecule has 0 unspecified atom stereocenters. The average molecular weight is 276 g/mol. The summed E-state index contributed by atoms with van der Waals surface area (Å²) in [4.78, 5) is 21.5. The molecule has 4 heteroatoms. The highest BCUT2D eigenvalue weighted by atomic mass is 79.9. The quantitative estimate of drug-likeness (QED) is 0.625. The minimum atomic E-state index is -0.0302. The molecule has 0 aliphatic carbocycles. The van der Waals surface area contributed by atoms with E-state index in [1.165, 1.54) is 0 Å². The minimum absolute atomic E-state index is 0.0209. The Kier molecular flexibility index (Phi) is 4.29. The van der Waals surface area contributed by atoms with Crippen molar-refractivity contribution < 1.29 is 9.59 Å². The molecule has 74 valence electrons. The monoisotopic (exact) mass is 274 g/mol. The van der Waals surface area contributed by atoms with Gasteiger partial charge in [-0.25, -0.2) is 0 Å². The number of hydrogen-bond acceptors (Lipinski definition) is 2. The van der Waals surface area contributed by atoms with Crippen molar-refractivity contribution in [1.82, 2.24) is 0 Å². The van der Waals surface area contributed by atoms with E-state index in [1.54, 1.807) is 18.2 Å². The molecule has 1 aromatic carbocycles. The number of aldehydes is 1. The summed E-state index contributed by atoms with van der Waals surface area (Å²) >= 11 is 8.63. The number of carbonyl (C=O) groups excluding carboxylic acids is 2. The molecule has 0 aliphatic heterocycles. The third-order valence-electron chi connectivity index (χ3n) is 1.74. The van der Waals surface area contributed by atoms with E-state index in [2.05, 4.69) is 15.9 Å². The first-order valence-electron chi connectivity index (χ1n) is 3.98. The SMILES string of the molecule is O=Cc1ccc(CC(=O)CCl)cc1Br. The van der Waals surface area contributed by atoms with E-state index < -0.39 is 0 Å². The van der Waals surface area contributed by atoms with Gasteiger partial charge in [-0.2, -0.15) is 0 Å². The predicted molar refractivity (Wildman–Crippen MR) is 59.0 cm³/mol. The first kappa shape index (κ1) is 11.4. The van der Waals surface area contributed by atoms with Gasteiger partial charge in [-0.15, -0.1) is 11.6 Å². The summed E-state index contributed by atoms with van der Waals surface area (Å²) in [5.41, 5.74) is 1.43. The van der Waals surface area contributed by atoms with Crippen molar-refractivity contribution in [3.8, 4) is 0 Å². The Morgan fingerprint density at radius 3 is 2.71 bits per heavy atom. The largest absolute Gasteiger partial charge is 0.298 e. The van der Waals surface area contributed by atoms with Gasteiger partial charge in [-0.1, -0.05) is 28.1 Å². The zero-order valence-electron chi connectivity index (χ0n) is 7.30. The molecule has 2 nitrogen and oxygen atoms in total. The average Bonchev–Trinajstić information content (AvgIpc) is 2.18. The van der Waals surface area contributed by atoms with Crippen LogP contribution >= 0.6 is 27.5 Å². The van der Waals surface area contributed by atoms with E-state index in [1.807, 2.05) is 0 Å². The molecule has 0 fully saturated rings. The number of ketones is 1. The van der Waals surface area contributed by atoms with Crippen LogP contribution in [0, 0.1) is 0 Å². The van der Waals surface area contributed by atoms with Crippen LogP contribution in [0.3, 0.4) is 0 Å². The second-order valence-electron chi connectivity index (χ2n) is 2.82. The molecule has 0 bridgehead atoms. The van der Waals surface area contributed by atoms with Gasteiger partial charge in [0, 0.05) is 16.5 Å². The van der Waals surface area contributed by atoms with Crippen molar-refractivity contribution in [2.45, 2.75) is 6.42 Å². The summed E-state index contributed by atoms with van der Waals surface area (Å²) in [6, 6.07) is 5.18. The molecular weight excluding hydrogens is 267 g/mol. The van der Waals surface area contributed by atoms with Crippen molar-refractivity contribution in [2.75, 3.05) is 5.88 Å². The standard InChI is InChI=1S/C10H8BrClO2/c11-10-4-7(3-9(14)5-12)1-2-8(10)6-13/h1-2,4,6H,3,5H2. The van der Waals surface area contributed by atoms with Crippen molar-refractivity contribution in [1.29, 1.82) is 0 Å². The van der Waals surface area contributed by atoms with Crippen molar-refractivity contribution >= 4 is 39.6 Å². The normalized spacial score (nSPS) is 9.86. The zero-order valence-corrected chi connectivity index (χ0v) is 9.64. The number of Topliss-reactive ketones (excluding diaryl/α,β-unsaturated/α-hetero) is 1. The van der Waals surface area contributed by atoms with Gasteiger partial charge < -0.3 is 0 Å². The number of hydrogen-bond donors (Lipinski definition) is 0. The fourth-order valence-electron chi connectivity index (χ4n) is 1.05. The van der Waals surface area contributed by atoms with Gasteiger partial charge in [-0.05, 0) is 11.6 Å². The van der Waals surface area contributed by atoms with Gasteiger partial charge in [0.05, 0.1) is 5.88 Å². The molecule has 0 atom stereocenters. The first-order chi connectivity index (χ1) is 6.67. The van der Waals surface area contributed by atoms with Gasteiger partial charge in [-0.3, -0.25) is 9.59 Å². The lowest BCUT2D eigenvalue weighted by Crippen LogP contribution is -2.03. The van der Waals surface area contributed by atoms with Gasteiger partial charge in [0.15, 0.2) is 12.1 Å². The summed E-state index contributed by atoms with van der Waals surface area (Å²) in [6.45, 7) is 0. The highest BCUT2D eigenvalue weighted by Crippen LogP contribution is 2.17. The van der Waals surface area contributed by atoms with E-state index >= 15 is 0 Å². The third-order valence-corrected chi connectivity index (χ3v) is 2.73. The number of halogens is 2. The molecule has 0 aliphatic rings. The fourth-order valence-corrected chi connectivity index (χ4v) is 1.67. The summed E-state index contributed by atoms with van der Waals surface area (Å²) in [5.74, 6) is -0.00928. The first-order valence-corrected chi connectivity index (χ1v) is 5.31. The van der Waals surface area contributed by atoms with Crippen molar-refractivity contribution in [3.05, 3.63) is 33.8 Å². The number of rotatable bonds is 4. The lowest BCUT2D eigenvalue weighted by atomic mass is 10.1. The van der Waals surface area contributed by atoms with Crippen LogP contribution < -0.4 is 0 Å². The smallest absolute Gasteiger partial charge is 0.151 e. The Balaban J connectivity index is 2.86. The van der Waals surface area contributed by atoms with Crippen LogP contribution in [-0.4, -0.2) is 17.9 Å². The Labute approximate surface area is 95.4 Å². The minimum Gasteiger partial charge on any atom is -0.298 e. The van der Waals surface area contributed by atoms with E-state index in [-0.39, 0.29) is 11.7 Å². The summed E-state index contributed by atoms with van der Waals surface area (Å²) in [7, 11) is 0. The predicted octanol–water partition coefficient (Wildman–Crippen LogP) is 2.61. The molecule has 1 rings (SSSR count). The lowest BCUT2D eigenvalue weighted by Gasteiger charge is -2.01. The highest BCUT2D eigenvalue weighted by molar-refractivity contribution is 9.10. The Morgan fingerprint density at radius 1 is 1.50 bits per heavy atom. The molecule has 0 saturated carbocycles. The maximum absolute atomic E-state index is 11.0. The maximum Gasteiger partial charge on any atom is 0.151 e. The molecule has 0 heterocycles. The molecular formula is C10H8BrClO2. The van der Waals surface area contributed by atoms with Crippen LogP contribution in [-0.2, 0) is 11.2 Å². The molecule has 0 amide bonds. The van der Waals surface area contributed by atoms with Gasteiger partial charge in [0.1, 0.15) is 0 Å². The second kappa shape index (κ2) is 5.27. The number of alkyl halides is 1. The molecule has 14 heavy (non-hydrogen) atoms. The molecule has 0 N–H and O–H groups in total. The summed E-state index contributed by atoms with van der Waals surface area (Å²) in [5, 5.41) is 0. The van der Waals surface area contributed by atoms with Gasteiger partial charge in [0.25, 0.3) is 0 Å². The fraction of sp³-hybridized carbons (Fsp3) is 0.200. The van der Waals surface area contributed by atoms with Crippen LogP contribution in [0.15, 0.2) is 22.7 Å². The van der Waals surface area contributed by atoms with Gasteiger partial charge >= 0.3 is 0 Å². The van der Waals surface area contributed by atoms with E-state index in [4.69, 9.17) is 11.6 Å². The summed E-state index contributed by atoms with van der Waals surface area (Å²) < 4.78 is 0.701. The van der Waals surface area contributed by atoms with Gasteiger partial charge in [0.2, 0.25) is 0 Å². The Morgan fingerprint density at radius 2 is 2.21 bits per heavy atom. The second-order valence-corrected chi connectivity index (χ2v) is 3.94. The van der Waals surface area contributed by atoms with Crippen LogP contribution in [0.25, 0.3) is 0 Å². The van der Waals surface area contributed by atoms with Crippen LogP contribution in [0.1, 0.15) is 15.9 Å².